The molecule has 1 aliphatic rings. The lowest BCUT2D eigenvalue weighted by molar-refractivity contribution is -0.144. The Balaban J connectivity index is 2.30. The van der Waals surface area contributed by atoms with Gasteiger partial charge in [-0.25, -0.2) is 15.8 Å². The molecule has 0 spiro atoms. The third-order valence-electron chi connectivity index (χ3n) is 2.98. The molecule has 0 amide bonds. The number of rotatable bonds is 3. The summed E-state index contributed by atoms with van der Waals surface area (Å²) in [6, 6.07) is 1.36. The fourth-order valence-corrected chi connectivity index (χ4v) is 1.99. The summed E-state index contributed by atoms with van der Waals surface area (Å²) in [6.45, 7) is 1.02. The second-order valence-corrected chi connectivity index (χ2v) is 4.36. The van der Waals surface area contributed by atoms with Crippen LogP contribution in [0.2, 0.25) is 0 Å². The van der Waals surface area contributed by atoms with Crippen molar-refractivity contribution in [1.29, 1.82) is 0 Å². The summed E-state index contributed by atoms with van der Waals surface area (Å²) in [4.78, 5) is 8.48. The number of hydrazine groups is 1. The minimum absolute atomic E-state index is 0.00963. The Bertz CT molecular complexity index is 453. The molecule has 0 aromatic carbocycles. The molecule has 4 N–H and O–H groups in total. The van der Waals surface area contributed by atoms with E-state index in [-0.39, 0.29) is 24.2 Å². The molecule has 1 fully saturated rings. The molecule has 0 radical (unpaired) electrons. The molecule has 1 unspecified atom stereocenters. The number of hydrogen-bond acceptors (Lipinski definition) is 6. The molecular formula is C10H14F3N5O. The van der Waals surface area contributed by atoms with Crippen molar-refractivity contribution in [3.05, 3.63) is 11.9 Å². The number of nitrogens with two attached hydrogens (primary N) is 1. The average Bonchev–Trinajstić information content (AvgIpc) is 2.86. The molecule has 1 aromatic heterocycles. The molecule has 9 heteroatoms. The van der Waals surface area contributed by atoms with Crippen molar-refractivity contribution >= 4 is 11.6 Å². The fourth-order valence-electron chi connectivity index (χ4n) is 1.99. The summed E-state index contributed by atoms with van der Waals surface area (Å²) in [5.74, 6) is 4.01. The average molecular weight is 277 g/mol. The lowest BCUT2D eigenvalue weighted by Gasteiger charge is -2.19. The van der Waals surface area contributed by atoms with Crippen molar-refractivity contribution in [3.63, 3.8) is 0 Å². The summed E-state index contributed by atoms with van der Waals surface area (Å²) >= 11 is 0. The summed E-state index contributed by atoms with van der Waals surface area (Å²) in [7, 11) is 0. The number of alkyl halides is 3. The first-order chi connectivity index (χ1) is 8.94. The van der Waals surface area contributed by atoms with E-state index in [9.17, 15) is 13.2 Å². The predicted molar refractivity (Wildman–Crippen MR) is 62.2 cm³/mol. The van der Waals surface area contributed by atoms with Crippen molar-refractivity contribution in [2.24, 2.45) is 11.8 Å². The van der Waals surface area contributed by atoms with Gasteiger partial charge in [-0.2, -0.15) is 13.2 Å². The van der Waals surface area contributed by atoms with E-state index in [1.54, 1.807) is 4.90 Å². The number of aromatic nitrogens is 2. The Morgan fingerprint density at radius 1 is 1.47 bits per heavy atom. The number of hydrogen-bond donors (Lipinski definition) is 3. The Kier molecular flexibility index (Phi) is 3.76. The van der Waals surface area contributed by atoms with Gasteiger partial charge in [0.25, 0.3) is 0 Å². The van der Waals surface area contributed by atoms with E-state index in [1.807, 2.05) is 0 Å². The van der Waals surface area contributed by atoms with Crippen LogP contribution in [0.4, 0.5) is 24.8 Å². The van der Waals surface area contributed by atoms with Gasteiger partial charge in [-0.3, -0.25) is 0 Å². The van der Waals surface area contributed by atoms with Crippen molar-refractivity contribution in [3.8, 4) is 0 Å². The van der Waals surface area contributed by atoms with E-state index in [0.717, 1.165) is 0 Å². The monoisotopic (exact) mass is 277 g/mol. The zero-order valence-electron chi connectivity index (χ0n) is 9.98. The van der Waals surface area contributed by atoms with Crippen LogP contribution in [0, 0.1) is 5.92 Å². The second kappa shape index (κ2) is 5.17. The summed E-state index contributed by atoms with van der Waals surface area (Å²) in [5.41, 5.74) is 2.10. The number of halogens is 3. The zero-order chi connectivity index (χ0) is 14.0. The normalized spacial score (nSPS) is 19.8. The van der Waals surface area contributed by atoms with E-state index in [4.69, 9.17) is 10.9 Å². The SMILES string of the molecule is NNc1cc(N2CCC(CO)C2)nc(C(F)(F)F)n1. The van der Waals surface area contributed by atoms with E-state index in [0.29, 0.717) is 19.5 Å². The highest BCUT2D eigenvalue weighted by Crippen LogP contribution is 2.30. The van der Waals surface area contributed by atoms with Crippen LogP contribution in [0.5, 0.6) is 0 Å². The Morgan fingerprint density at radius 3 is 2.74 bits per heavy atom. The van der Waals surface area contributed by atoms with E-state index >= 15 is 0 Å². The summed E-state index contributed by atoms with van der Waals surface area (Å²) in [6.07, 6.45) is -3.91. The maximum absolute atomic E-state index is 12.7. The molecule has 106 valence electrons. The lowest BCUT2D eigenvalue weighted by atomic mass is 10.1. The van der Waals surface area contributed by atoms with Gasteiger partial charge in [0.15, 0.2) is 0 Å². The summed E-state index contributed by atoms with van der Waals surface area (Å²) < 4.78 is 38.0. The van der Waals surface area contributed by atoms with Crippen LogP contribution >= 0.6 is 0 Å². The van der Waals surface area contributed by atoms with Gasteiger partial charge in [-0.1, -0.05) is 0 Å². The Labute approximate surface area is 107 Å². The van der Waals surface area contributed by atoms with Crippen LogP contribution in [0.3, 0.4) is 0 Å². The van der Waals surface area contributed by atoms with Crippen molar-refractivity contribution in [2.75, 3.05) is 30.0 Å². The minimum atomic E-state index is -4.63. The maximum atomic E-state index is 12.7. The molecule has 1 aliphatic heterocycles. The number of aliphatic hydroxyl groups is 1. The van der Waals surface area contributed by atoms with Crippen LogP contribution in [0.25, 0.3) is 0 Å². The third kappa shape index (κ3) is 3.04. The first-order valence-corrected chi connectivity index (χ1v) is 5.72. The van der Waals surface area contributed by atoms with Crippen LogP contribution in [0.1, 0.15) is 12.2 Å². The molecule has 2 rings (SSSR count). The van der Waals surface area contributed by atoms with Crippen LogP contribution < -0.4 is 16.2 Å². The first kappa shape index (κ1) is 13.8. The van der Waals surface area contributed by atoms with Gasteiger partial charge in [-0.05, 0) is 6.42 Å². The number of aliphatic hydroxyl groups excluding tert-OH is 1. The molecule has 1 aromatic rings. The Morgan fingerprint density at radius 2 is 2.21 bits per heavy atom. The number of nitrogens with zero attached hydrogens (tertiary/aromatic N) is 3. The smallest absolute Gasteiger partial charge is 0.396 e. The van der Waals surface area contributed by atoms with Crippen molar-refractivity contribution in [2.45, 2.75) is 12.6 Å². The minimum Gasteiger partial charge on any atom is -0.396 e. The van der Waals surface area contributed by atoms with Gasteiger partial charge >= 0.3 is 6.18 Å². The highest BCUT2D eigenvalue weighted by Gasteiger charge is 2.36. The molecule has 0 saturated carbocycles. The fraction of sp³-hybridized carbons (Fsp3) is 0.600. The third-order valence-corrected chi connectivity index (χ3v) is 2.98. The molecular weight excluding hydrogens is 263 g/mol. The van der Waals surface area contributed by atoms with Gasteiger partial charge in [0.2, 0.25) is 5.82 Å². The molecule has 1 saturated heterocycles. The molecule has 6 nitrogen and oxygen atoms in total. The predicted octanol–water partition coefficient (Wildman–Crippen LogP) is 0.600. The van der Waals surface area contributed by atoms with Gasteiger partial charge < -0.3 is 15.4 Å². The molecule has 2 heterocycles. The van der Waals surface area contributed by atoms with Gasteiger partial charge in [0.1, 0.15) is 11.6 Å². The standard InChI is InChI=1S/C10H14F3N5O/c11-10(12,13)9-15-7(17-14)3-8(16-9)18-2-1-6(4-18)5-19/h3,6,19H,1-2,4-5,14H2,(H,15,16,17). The topological polar surface area (TPSA) is 87.3 Å². The van der Waals surface area contributed by atoms with Crippen LogP contribution in [-0.2, 0) is 6.18 Å². The van der Waals surface area contributed by atoms with Crippen molar-refractivity contribution in [1.82, 2.24) is 9.97 Å². The van der Waals surface area contributed by atoms with Crippen LogP contribution in [0.15, 0.2) is 6.07 Å². The van der Waals surface area contributed by atoms with Crippen molar-refractivity contribution < 1.29 is 18.3 Å². The van der Waals surface area contributed by atoms with Gasteiger partial charge in [0.05, 0.1) is 0 Å². The molecule has 0 bridgehead atoms. The van der Waals surface area contributed by atoms with Crippen LogP contribution in [-0.4, -0.2) is 34.8 Å². The van der Waals surface area contributed by atoms with E-state index in [1.165, 1.54) is 6.07 Å². The van der Waals surface area contributed by atoms with E-state index in [2.05, 4.69) is 15.4 Å². The largest absolute Gasteiger partial charge is 0.451 e. The van der Waals surface area contributed by atoms with Gasteiger partial charge in [-0.15, -0.1) is 0 Å². The molecule has 1 atom stereocenters. The lowest BCUT2D eigenvalue weighted by Crippen LogP contribution is -2.24. The first-order valence-electron chi connectivity index (χ1n) is 5.72. The maximum Gasteiger partial charge on any atom is 0.451 e. The number of nitrogens with one attached hydrogen (secondary N) is 1. The molecule has 0 aliphatic carbocycles. The quantitative estimate of drug-likeness (QED) is 0.554. The van der Waals surface area contributed by atoms with Gasteiger partial charge in [0, 0.05) is 31.7 Å². The zero-order valence-corrected chi connectivity index (χ0v) is 9.98. The van der Waals surface area contributed by atoms with E-state index < -0.39 is 12.0 Å². The highest BCUT2D eigenvalue weighted by atomic mass is 19.4. The molecule has 19 heavy (non-hydrogen) atoms. The summed E-state index contributed by atoms with van der Waals surface area (Å²) in [5, 5.41) is 9.04. The Hall–Kier alpha value is -1.61. The number of anilines is 2. The highest BCUT2D eigenvalue weighted by molar-refractivity contribution is 5.49. The second-order valence-electron chi connectivity index (χ2n) is 4.36. The number of nitrogen functional groups attached to an aromatic ring is 1.